The second-order valence-corrected chi connectivity index (χ2v) is 8.65. The molecular formula is C22H16Cl2F2N4OS. The lowest BCUT2D eigenvalue weighted by Crippen LogP contribution is -2.30. The highest BCUT2D eigenvalue weighted by molar-refractivity contribution is 8.13. The molecule has 2 heterocycles. The van der Waals surface area contributed by atoms with Crippen LogP contribution < -0.4 is 4.90 Å². The molecule has 0 atom stereocenters. The number of thioether (sulfide) groups is 1. The van der Waals surface area contributed by atoms with Gasteiger partial charge in [0.1, 0.15) is 11.5 Å². The Balaban J connectivity index is 1.68. The van der Waals surface area contributed by atoms with Gasteiger partial charge in [-0.25, -0.2) is 9.98 Å². The molecule has 32 heavy (non-hydrogen) atoms. The van der Waals surface area contributed by atoms with Crippen molar-refractivity contribution >= 4 is 57.8 Å². The molecule has 0 saturated carbocycles. The van der Waals surface area contributed by atoms with E-state index in [1.54, 1.807) is 24.3 Å². The van der Waals surface area contributed by atoms with Crippen LogP contribution in [0, 0.1) is 6.92 Å². The molecule has 5 nitrogen and oxygen atoms in total. The summed E-state index contributed by atoms with van der Waals surface area (Å²) in [6, 6.07) is 12.4. The van der Waals surface area contributed by atoms with Gasteiger partial charge in [-0.3, -0.25) is 14.3 Å². The molecule has 4 rings (SSSR count). The molecule has 1 aliphatic heterocycles. The van der Waals surface area contributed by atoms with Crippen LogP contribution in [0.5, 0.6) is 0 Å². The van der Waals surface area contributed by atoms with Gasteiger partial charge >= 0.3 is 6.55 Å². The zero-order chi connectivity index (χ0) is 22.8. The number of aliphatic imine (C=N–C) groups is 1. The number of carbonyl (C=O) groups is 1. The van der Waals surface area contributed by atoms with Gasteiger partial charge in [-0.1, -0.05) is 58.7 Å². The minimum Gasteiger partial charge on any atom is -0.277 e. The third-order valence-electron chi connectivity index (χ3n) is 4.66. The summed E-state index contributed by atoms with van der Waals surface area (Å²) in [5.41, 5.74) is 2.53. The minimum atomic E-state index is -2.70. The molecule has 0 N–H and O–H groups in total. The molecule has 0 unspecified atom stereocenters. The van der Waals surface area contributed by atoms with Crippen molar-refractivity contribution in [2.45, 2.75) is 19.2 Å². The largest absolute Gasteiger partial charge is 0.319 e. The molecular weight excluding hydrogens is 477 g/mol. The van der Waals surface area contributed by atoms with E-state index in [-0.39, 0.29) is 23.2 Å². The lowest BCUT2D eigenvalue weighted by Gasteiger charge is -2.18. The highest BCUT2D eigenvalue weighted by Crippen LogP contribution is 2.32. The van der Waals surface area contributed by atoms with E-state index < -0.39 is 6.55 Å². The molecule has 0 aliphatic carbocycles. The van der Waals surface area contributed by atoms with E-state index in [1.165, 1.54) is 17.3 Å². The van der Waals surface area contributed by atoms with Gasteiger partial charge in [0.15, 0.2) is 5.17 Å². The van der Waals surface area contributed by atoms with Gasteiger partial charge in [0, 0.05) is 12.4 Å². The first-order valence-electron chi connectivity index (χ1n) is 9.42. The number of amidine groups is 1. The lowest BCUT2D eigenvalue weighted by molar-refractivity contribution is -0.113. The van der Waals surface area contributed by atoms with Crippen molar-refractivity contribution in [3.8, 4) is 0 Å². The number of hydrogen-bond acceptors (Lipinski definition) is 4. The molecule has 3 aromatic rings. The van der Waals surface area contributed by atoms with E-state index in [2.05, 4.69) is 9.98 Å². The SMILES string of the molecule is Cc1ccc(N2C(=O)/C(=C\c3ccc(Cl)c(Cl)c3)N=C2SCc2nccn2C(F)F)cc1. The molecule has 0 saturated heterocycles. The van der Waals surface area contributed by atoms with E-state index in [1.807, 2.05) is 31.2 Å². The number of nitrogens with zero attached hydrogens (tertiary/aromatic N) is 4. The first kappa shape index (κ1) is 22.5. The zero-order valence-corrected chi connectivity index (χ0v) is 19.0. The summed E-state index contributed by atoms with van der Waals surface area (Å²) in [6.45, 7) is -0.752. The highest BCUT2D eigenvalue weighted by atomic mass is 35.5. The van der Waals surface area contributed by atoms with Crippen molar-refractivity contribution in [2.24, 2.45) is 4.99 Å². The van der Waals surface area contributed by atoms with Crippen LogP contribution in [-0.2, 0) is 10.5 Å². The number of aromatic nitrogens is 2. The molecule has 1 amide bonds. The van der Waals surface area contributed by atoms with Gasteiger partial charge in [-0.2, -0.15) is 8.78 Å². The van der Waals surface area contributed by atoms with Crippen LogP contribution in [0.2, 0.25) is 10.0 Å². The molecule has 10 heteroatoms. The Kier molecular flexibility index (Phi) is 6.64. The number of hydrogen-bond donors (Lipinski definition) is 0. The van der Waals surface area contributed by atoms with Crippen molar-refractivity contribution in [3.05, 3.63) is 87.6 Å². The van der Waals surface area contributed by atoms with Gasteiger partial charge in [0.05, 0.1) is 21.5 Å². The summed E-state index contributed by atoms with van der Waals surface area (Å²) < 4.78 is 27.1. The van der Waals surface area contributed by atoms with Gasteiger partial charge < -0.3 is 0 Å². The Morgan fingerprint density at radius 2 is 1.88 bits per heavy atom. The molecule has 1 aliphatic rings. The lowest BCUT2D eigenvalue weighted by atomic mass is 10.2. The second kappa shape index (κ2) is 9.44. The Hall–Kier alpha value is -2.68. The van der Waals surface area contributed by atoms with Crippen LogP contribution in [0.4, 0.5) is 14.5 Å². The molecule has 0 spiro atoms. The number of amides is 1. The summed E-state index contributed by atoms with van der Waals surface area (Å²) in [5.74, 6) is -0.0307. The number of halogens is 4. The second-order valence-electron chi connectivity index (χ2n) is 6.89. The highest BCUT2D eigenvalue weighted by Gasteiger charge is 2.32. The van der Waals surface area contributed by atoms with E-state index in [0.29, 0.717) is 26.5 Å². The maximum atomic E-state index is 13.2. The van der Waals surface area contributed by atoms with Gasteiger partial charge in [0.25, 0.3) is 5.91 Å². The predicted molar refractivity (Wildman–Crippen MR) is 125 cm³/mol. The predicted octanol–water partition coefficient (Wildman–Crippen LogP) is 6.57. The zero-order valence-electron chi connectivity index (χ0n) is 16.7. The van der Waals surface area contributed by atoms with Crippen LogP contribution in [0.25, 0.3) is 6.08 Å². The van der Waals surface area contributed by atoms with Crippen molar-refractivity contribution in [2.75, 3.05) is 4.90 Å². The van der Waals surface area contributed by atoms with Crippen LogP contribution in [0.15, 0.2) is 65.5 Å². The summed E-state index contributed by atoms with van der Waals surface area (Å²) >= 11 is 13.2. The fourth-order valence-electron chi connectivity index (χ4n) is 3.04. The van der Waals surface area contributed by atoms with Gasteiger partial charge in [-0.05, 0) is 42.8 Å². The standard InChI is InChI=1S/C22H16Cl2F2N4OS/c1-13-2-5-15(6-3-13)30-20(31)18(11-14-4-7-16(23)17(24)10-14)28-22(30)32-12-19-27-8-9-29(19)21(25)26/h2-11,21H,12H2,1H3/b18-11+. The topological polar surface area (TPSA) is 50.5 Å². The van der Waals surface area contributed by atoms with Crippen molar-refractivity contribution in [3.63, 3.8) is 0 Å². The van der Waals surface area contributed by atoms with Crippen LogP contribution in [0.3, 0.4) is 0 Å². The summed E-state index contributed by atoms with van der Waals surface area (Å²) in [6.07, 6.45) is 4.14. The molecule has 0 fully saturated rings. The van der Waals surface area contributed by atoms with Crippen molar-refractivity contribution < 1.29 is 13.6 Å². The molecule has 2 aromatic carbocycles. The van der Waals surface area contributed by atoms with E-state index in [4.69, 9.17) is 23.2 Å². The normalized spacial score (nSPS) is 15.2. The Labute approximate surface area is 197 Å². The molecule has 164 valence electrons. The Morgan fingerprint density at radius 1 is 1.12 bits per heavy atom. The van der Waals surface area contributed by atoms with Crippen LogP contribution in [-0.4, -0.2) is 20.6 Å². The van der Waals surface area contributed by atoms with E-state index >= 15 is 0 Å². The quantitative estimate of drug-likeness (QED) is 0.378. The maximum Gasteiger partial charge on any atom is 0.319 e. The third kappa shape index (κ3) is 4.72. The van der Waals surface area contributed by atoms with Crippen LogP contribution >= 0.6 is 35.0 Å². The number of benzene rings is 2. The van der Waals surface area contributed by atoms with Crippen LogP contribution in [0.1, 0.15) is 23.5 Å². The Bertz CT molecular complexity index is 1220. The third-order valence-corrected chi connectivity index (χ3v) is 6.33. The van der Waals surface area contributed by atoms with Crippen molar-refractivity contribution in [1.82, 2.24) is 9.55 Å². The van der Waals surface area contributed by atoms with Gasteiger partial charge in [0.2, 0.25) is 0 Å². The average molecular weight is 493 g/mol. The van der Waals surface area contributed by atoms with E-state index in [9.17, 15) is 13.6 Å². The number of aryl methyl sites for hydroxylation is 1. The molecule has 0 radical (unpaired) electrons. The number of carbonyl (C=O) groups excluding carboxylic acids is 1. The monoisotopic (exact) mass is 492 g/mol. The fourth-order valence-corrected chi connectivity index (χ4v) is 4.31. The molecule has 0 bridgehead atoms. The van der Waals surface area contributed by atoms with E-state index in [0.717, 1.165) is 21.9 Å². The average Bonchev–Trinajstić information content (AvgIpc) is 3.35. The first-order chi connectivity index (χ1) is 15.3. The smallest absolute Gasteiger partial charge is 0.277 e. The number of rotatable bonds is 5. The maximum absolute atomic E-state index is 13.2. The van der Waals surface area contributed by atoms with Gasteiger partial charge in [-0.15, -0.1) is 0 Å². The Morgan fingerprint density at radius 3 is 2.56 bits per heavy atom. The summed E-state index contributed by atoms with van der Waals surface area (Å²) in [4.78, 5) is 23.2. The minimum absolute atomic E-state index is 0.117. The fraction of sp³-hybridized carbons (Fsp3) is 0.136. The summed E-state index contributed by atoms with van der Waals surface area (Å²) in [5, 5.41) is 1.13. The number of imidazole rings is 1. The number of anilines is 1. The van der Waals surface area contributed by atoms with Crippen molar-refractivity contribution in [1.29, 1.82) is 0 Å². The summed E-state index contributed by atoms with van der Waals surface area (Å²) in [7, 11) is 0. The molecule has 1 aromatic heterocycles. The number of alkyl halides is 2. The first-order valence-corrected chi connectivity index (χ1v) is 11.2.